The van der Waals surface area contributed by atoms with Crippen LogP contribution in [0.25, 0.3) is 10.2 Å². The Kier molecular flexibility index (Phi) is 7.32. The maximum atomic E-state index is 13.6. The molecule has 2 aromatic carbocycles. The number of aryl methyl sites for hydroxylation is 1. The van der Waals surface area contributed by atoms with Crippen LogP contribution in [0.2, 0.25) is 0 Å². The van der Waals surface area contributed by atoms with Crippen molar-refractivity contribution in [3.05, 3.63) is 71.2 Å². The molecule has 4 aromatic rings. The van der Waals surface area contributed by atoms with Crippen LogP contribution < -0.4 is 25.6 Å². The van der Waals surface area contributed by atoms with Gasteiger partial charge in [0.25, 0.3) is 5.91 Å². The van der Waals surface area contributed by atoms with Crippen molar-refractivity contribution in [1.29, 1.82) is 0 Å². The number of anilines is 3. The van der Waals surface area contributed by atoms with Crippen molar-refractivity contribution in [2.24, 2.45) is 0 Å². The van der Waals surface area contributed by atoms with Crippen LogP contribution in [0.3, 0.4) is 0 Å². The molecule has 2 atom stereocenters. The lowest BCUT2D eigenvalue weighted by Crippen LogP contribution is -2.53. The average Bonchev–Trinajstić information content (AvgIpc) is 3.35. The fourth-order valence-corrected chi connectivity index (χ4v) is 6.59. The van der Waals surface area contributed by atoms with Crippen molar-refractivity contribution in [3.63, 3.8) is 0 Å². The maximum absolute atomic E-state index is 13.6. The van der Waals surface area contributed by atoms with Gasteiger partial charge in [-0.25, -0.2) is 9.78 Å². The Bertz CT molecular complexity index is 1640. The number of hydrogen-bond acceptors (Lipinski definition) is 6. The molecular formula is C31H31N5O4S. The minimum Gasteiger partial charge on any atom is -0.457 e. The molecule has 6 rings (SSSR count). The number of pyridine rings is 1. The lowest BCUT2D eigenvalue weighted by atomic mass is 9.90. The standard InChI is InChI=1S/C31H31N5O4S/c1-3-25(37)33-21-11-7-8-12-22(21)34-29(38)28-27-26-24(15-16-32-30(26)41-28)36(31(39)35-27)23-14-13-20(17-18(23)2)40-19-9-5-4-6-10-19/h4-6,9-10,13-17,21-22H,3,7-8,11-12H2,1-2H3,(H,33,37)(H,34,38)(H,35,39)/t21-,22+/m1/s1. The number of carbonyl (C=O) groups is 3. The molecule has 1 aliphatic carbocycles. The number of benzene rings is 2. The molecule has 0 bridgehead atoms. The zero-order chi connectivity index (χ0) is 28.5. The Hall–Kier alpha value is -4.44. The molecular weight excluding hydrogens is 538 g/mol. The Labute approximate surface area is 241 Å². The molecule has 4 amide bonds. The smallest absolute Gasteiger partial charge is 0.331 e. The zero-order valence-corrected chi connectivity index (χ0v) is 23.7. The summed E-state index contributed by atoms with van der Waals surface area (Å²) in [5.41, 5.74) is 2.69. The number of aromatic nitrogens is 1. The van der Waals surface area contributed by atoms with Crippen LogP contribution in [0, 0.1) is 6.92 Å². The molecule has 2 aromatic heterocycles. The Morgan fingerprint density at radius 1 is 1.02 bits per heavy atom. The highest BCUT2D eigenvalue weighted by molar-refractivity contribution is 7.21. The summed E-state index contributed by atoms with van der Waals surface area (Å²) in [4.78, 5) is 46.4. The summed E-state index contributed by atoms with van der Waals surface area (Å²) in [5.74, 6) is 1.10. The van der Waals surface area contributed by atoms with Gasteiger partial charge in [0.05, 0.1) is 22.4 Å². The normalized spacial score (nSPS) is 18.1. The van der Waals surface area contributed by atoms with Gasteiger partial charge in [-0.1, -0.05) is 38.0 Å². The molecule has 3 N–H and O–H groups in total. The van der Waals surface area contributed by atoms with E-state index >= 15 is 0 Å². The summed E-state index contributed by atoms with van der Waals surface area (Å²) in [6.07, 6.45) is 5.65. The number of rotatable bonds is 7. The number of thiophene rings is 1. The van der Waals surface area contributed by atoms with Gasteiger partial charge in [-0.15, -0.1) is 11.3 Å². The number of hydrogen-bond donors (Lipinski definition) is 3. The fourth-order valence-electron chi connectivity index (χ4n) is 5.57. The minimum atomic E-state index is -0.358. The van der Waals surface area contributed by atoms with Gasteiger partial charge in [-0.3, -0.25) is 14.5 Å². The molecule has 210 valence electrons. The predicted molar refractivity (Wildman–Crippen MR) is 160 cm³/mol. The summed E-state index contributed by atoms with van der Waals surface area (Å²) in [5, 5.41) is 9.89. The van der Waals surface area contributed by atoms with Crippen LogP contribution >= 0.6 is 11.3 Å². The second-order valence-electron chi connectivity index (χ2n) is 10.3. The average molecular weight is 570 g/mol. The highest BCUT2D eigenvalue weighted by atomic mass is 32.1. The summed E-state index contributed by atoms with van der Waals surface area (Å²) in [6.45, 7) is 3.75. The third kappa shape index (κ3) is 5.22. The van der Waals surface area contributed by atoms with Crippen molar-refractivity contribution in [3.8, 4) is 11.5 Å². The largest absolute Gasteiger partial charge is 0.457 e. The molecule has 1 saturated carbocycles. The van der Waals surface area contributed by atoms with E-state index in [1.54, 1.807) is 17.2 Å². The summed E-state index contributed by atoms with van der Waals surface area (Å²) in [6, 6.07) is 16.3. The van der Waals surface area contributed by atoms with Crippen molar-refractivity contribution in [2.45, 2.75) is 58.0 Å². The zero-order valence-electron chi connectivity index (χ0n) is 22.9. The molecule has 2 aliphatic rings. The molecule has 0 spiro atoms. The van der Waals surface area contributed by atoms with Crippen LogP contribution in [-0.2, 0) is 4.79 Å². The van der Waals surface area contributed by atoms with E-state index in [9.17, 15) is 14.4 Å². The SMILES string of the molecule is CCC(=O)N[C@@H]1CCCC[C@@H]1NC(=O)c1sc2nccc3c2c1NC(=O)N3c1ccc(Oc2ccccc2)cc1C. The third-order valence-corrected chi connectivity index (χ3v) is 8.69. The Morgan fingerprint density at radius 3 is 2.51 bits per heavy atom. The predicted octanol–water partition coefficient (Wildman–Crippen LogP) is 6.65. The number of amides is 4. The number of urea groups is 1. The van der Waals surface area contributed by atoms with Crippen LogP contribution in [0.1, 0.15) is 54.3 Å². The van der Waals surface area contributed by atoms with Crippen LogP contribution in [-0.4, -0.2) is 34.9 Å². The molecule has 0 unspecified atom stereocenters. The minimum absolute atomic E-state index is 0.0238. The molecule has 1 aliphatic heterocycles. The van der Waals surface area contributed by atoms with E-state index in [2.05, 4.69) is 20.9 Å². The Balaban J connectivity index is 1.30. The van der Waals surface area contributed by atoms with Crippen molar-refractivity contribution < 1.29 is 19.1 Å². The molecule has 1 fully saturated rings. The van der Waals surface area contributed by atoms with E-state index in [1.165, 1.54) is 11.3 Å². The molecule has 10 heteroatoms. The number of ether oxygens (including phenoxy) is 1. The van der Waals surface area contributed by atoms with Gasteiger partial charge in [-0.2, -0.15) is 0 Å². The number of nitrogens with one attached hydrogen (secondary N) is 3. The summed E-state index contributed by atoms with van der Waals surface area (Å²) in [7, 11) is 0. The van der Waals surface area contributed by atoms with E-state index in [0.29, 0.717) is 38.9 Å². The second kappa shape index (κ2) is 11.2. The lowest BCUT2D eigenvalue weighted by molar-refractivity contribution is -0.121. The first-order valence-corrected chi connectivity index (χ1v) is 14.7. The quantitative estimate of drug-likeness (QED) is 0.231. The number of nitrogens with zero attached hydrogens (tertiary/aromatic N) is 2. The van der Waals surface area contributed by atoms with E-state index < -0.39 is 0 Å². The van der Waals surface area contributed by atoms with E-state index in [0.717, 1.165) is 42.4 Å². The van der Waals surface area contributed by atoms with Gasteiger partial charge in [0.15, 0.2) is 0 Å². The highest BCUT2D eigenvalue weighted by Gasteiger charge is 2.35. The number of para-hydroxylation sites is 1. The molecule has 0 radical (unpaired) electrons. The van der Waals surface area contributed by atoms with Gasteiger partial charge < -0.3 is 20.7 Å². The molecule has 3 heterocycles. The van der Waals surface area contributed by atoms with Crippen molar-refractivity contribution in [1.82, 2.24) is 15.6 Å². The maximum Gasteiger partial charge on any atom is 0.331 e. The van der Waals surface area contributed by atoms with E-state index in [1.807, 2.05) is 62.4 Å². The summed E-state index contributed by atoms with van der Waals surface area (Å²) >= 11 is 1.25. The van der Waals surface area contributed by atoms with Crippen LogP contribution in [0.5, 0.6) is 11.5 Å². The summed E-state index contributed by atoms with van der Waals surface area (Å²) < 4.78 is 5.97. The first kappa shape index (κ1) is 26.8. The van der Waals surface area contributed by atoms with E-state index in [-0.39, 0.29) is 29.9 Å². The van der Waals surface area contributed by atoms with Gasteiger partial charge in [0.1, 0.15) is 21.2 Å². The monoisotopic (exact) mass is 569 g/mol. The van der Waals surface area contributed by atoms with E-state index in [4.69, 9.17) is 4.74 Å². The molecule has 9 nitrogen and oxygen atoms in total. The number of carbonyl (C=O) groups excluding carboxylic acids is 3. The van der Waals surface area contributed by atoms with Crippen LogP contribution in [0.15, 0.2) is 60.8 Å². The van der Waals surface area contributed by atoms with Gasteiger partial charge in [0.2, 0.25) is 5.91 Å². The third-order valence-electron chi connectivity index (χ3n) is 7.59. The first-order valence-electron chi connectivity index (χ1n) is 13.9. The molecule has 41 heavy (non-hydrogen) atoms. The first-order chi connectivity index (χ1) is 19.9. The molecule has 0 saturated heterocycles. The Morgan fingerprint density at radius 2 is 1.78 bits per heavy atom. The van der Waals surface area contributed by atoms with Crippen molar-refractivity contribution in [2.75, 3.05) is 10.2 Å². The van der Waals surface area contributed by atoms with Gasteiger partial charge in [0, 0.05) is 24.7 Å². The van der Waals surface area contributed by atoms with Gasteiger partial charge in [-0.05, 0) is 61.7 Å². The highest BCUT2D eigenvalue weighted by Crippen LogP contribution is 2.46. The van der Waals surface area contributed by atoms with Crippen LogP contribution in [0.4, 0.5) is 21.9 Å². The fraction of sp³-hybridized carbons (Fsp3) is 0.290. The van der Waals surface area contributed by atoms with Gasteiger partial charge >= 0.3 is 6.03 Å². The second-order valence-corrected chi connectivity index (χ2v) is 11.3. The lowest BCUT2D eigenvalue weighted by Gasteiger charge is -2.33. The topological polar surface area (TPSA) is 113 Å². The van der Waals surface area contributed by atoms with Crippen molar-refractivity contribution >= 4 is 56.5 Å².